The van der Waals surface area contributed by atoms with Crippen LogP contribution < -0.4 is 14.0 Å². The summed E-state index contributed by atoms with van der Waals surface area (Å²) in [6.45, 7) is 0. The largest absolute Gasteiger partial charge is 0.493 e. The first-order valence-corrected chi connectivity index (χ1v) is 9.67. The Morgan fingerprint density at radius 2 is 1.60 bits per heavy atom. The summed E-state index contributed by atoms with van der Waals surface area (Å²) in [6, 6.07) is 26.9. The van der Waals surface area contributed by atoms with Crippen LogP contribution in [0.3, 0.4) is 0 Å². The van der Waals surface area contributed by atoms with Gasteiger partial charge in [-0.05, 0) is 48.0 Å². The molecule has 0 atom stereocenters. The zero-order valence-electron chi connectivity index (χ0n) is 16.9. The molecule has 30 heavy (non-hydrogen) atoms. The van der Waals surface area contributed by atoms with Crippen LogP contribution in [0.4, 0.5) is 0 Å². The highest BCUT2D eigenvalue weighted by Gasteiger charge is 2.13. The maximum absolute atomic E-state index is 12.3. The molecule has 0 radical (unpaired) electrons. The molecule has 0 saturated carbocycles. The van der Waals surface area contributed by atoms with Gasteiger partial charge in [-0.1, -0.05) is 36.4 Å². The summed E-state index contributed by atoms with van der Waals surface area (Å²) in [7, 11) is 3.61. The van der Waals surface area contributed by atoms with Crippen LogP contribution in [-0.4, -0.2) is 13.1 Å². The van der Waals surface area contributed by atoms with Crippen LogP contribution in [0.25, 0.3) is 23.1 Å². The van der Waals surface area contributed by atoms with Crippen LogP contribution in [0.2, 0.25) is 0 Å². The SMILES string of the molecule is COc1cc(C=Cc2ccc3ccccc3[n+]2C)ccc1OC(=O)c1ccccc1. The summed E-state index contributed by atoms with van der Waals surface area (Å²) in [6.07, 6.45) is 4.06. The van der Waals surface area contributed by atoms with Gasteiger partial charge in [0.2, 0.25) is 11.2 Å². The van der Waals surface area contributed by atoms with Gasteiger partial charge >= 0.3 is 5.97 Å². The number of hydrogen-bond acceptors (Lipinski definition) is 3. The number of pyridine rings is 1. The lowest BCUT2D eigenvalue weighted by Crippen LogP contribution is -2.32. The van der Waals surface area contributed by atoms with Gasteiger partial charge in [0.05, 0.1) is 12.7 Å². The van der Waals surface area contributed by atoms with E-state index in [9.17, 15) is 4.79 Å². The number of benzene rings is 3. The van der Waals surface area contributed by atoms with Crippen LogP contribution in [0.5, 0.6) is 11.5 Å². The Morgan fingerprint density at radius 1 is 0.833 bits per heavy atom. The minimum Gasteiger partial charge on any atom is -0.493 e. The third-order valence-electron chi connectivity index (χ3n) is 4.97. The fourth-order valence-corrected chi connectivity index (χ4v) is 3.31. The number of ether oxygens (including phenoxy) is 2. The summed E-state index contributed by atoms with van der Waals surface area (Å²) in [5, 5.41) is 1.20. The number of carbonyl (C=O) groups is 1. The second-order valence-electron chi connectivity index (χ2n) is 6.88. The number of aromatic nitrogens is 1. The quantitative estimate of drug-likeness (QED) is 0.269. The minimum atomic E-state index is -0.416. The van der Waals surface area contributed by atoms with Crippen molar-refractivity contribution in [3.63, 3.8) is 0 Å². The van der Waals surface area contributed by atoms with Crippen LogP contribution in [0.1, 0.15) is 21.6 Å². The molecule has 0 fully saturated rings. The van der Waals surface area contributed by atoms with Crippen molar-refractivity contribution in [1.82, 2.24) is 0 Å². The molecule has 0 spiro atoms. The second kappa shape index (κ2) is 8.62. The molecule has 1 aromatic heterocycles. The van der Waals surface area contributed by atoms with Crippen molar-refractivity contribution in [2.24, 2.45) is 7.05 Å². The molecule has 148 valence electrons. The molecule has 0 aliphatic heterocycles. The molecule has 0 aliphatic carbocycles. The number of hydrogen-bond donors (Lipinski definition) is 0. The number of carbonyl (C=O) groups excluding carboxylic acids is 1. The van der Waals surface area contributed by atoms with Crippen molar-refractivity contribution in [2.45, 2.75) is 0 Å². The van der Waals surface area contributed by atoms with Gasteiger partial charge in [-0.3, -0.25) is 0 Å². The zero-order valence-corrected chi connectivity index (χ0v) is 16.9. The molecule has 4 rings (SSSR count). The van der Waals surface area contributed by atoms with Crippen LogP contribution in [0.15, 0.2) is 84.9 Å². The van der Waals surface area contributed by atoms with E-state index in [1.807, 2.05) is 36.4 Å². The Labute approximate surface area is 175 Å². The lowest BCUT2D eigenvalue weighted by molar-refractivity contribution is -0.646. The van der Waals surface area contributed by atoms with E-state index in [0.717, 1.165) is 11.3 Å². The van der Waals surface area contributed by atoms with Gasteiger partial charge in [0.1, 0.15) is 7.05 Å². The Kier molecular flexibility index (Phi) is 5.57. The van der Waals surface area contributed by atoms with E-state index >= 15 is 0 Å². The number of esters is 1. The number of fused-ring (bicyclic) bond motifs is 1. The fraction of sp³-hybridized carbons (Fsp3) is 0.0769. The molecule has 0 saturated heterocycles. The molecule has 0 amide bonds. The number of rotatable bonds is 5. The summed E-state index contributed by atoms with van der Waals surface area (Å²) in [4.78, 5) is 12.3. The summed E-state index contributed by atoms with van der Waals surface area (Å²) in [5.41, 5.74) is 3.68. The lowest BCUT2D eigenvalue weighted by Gasteiger charge is -2.10. The summed E-state index contributed by atoms with van der Waals surface area (Å²) >= 11 is 0. The highest BCUT2D eigenvalue weighted by atomic mass is 16.6. The third-order valence-corrected chi connectivity index (χ3v) is 4.97. The monoisotopic (exact) mass is 396 g/mol. The summed E-state index contributed by atoms with van der Waals surface area (Å²) in [5.74, 6) is 0.476. The topological polar surface area (TPSA) is 39.4 Å². The van der Waals surface area contributed by atoms with Gasteiger partial charge in [-0.25, -0.2) is 4.79 Å². The number of aryl methyl sites for hydroxylation is 1. The highest BCUT2D eigenvalue weighted by molar-refractivity contribution is 5.91. The van der Waals surface area contributed by atoms with Gasteiger partial charge in [-0.2, -0.15) is 4.57 Å². The minimum absolute atomic E-state index is 0.389. The first-order valence-electron chi connectivity index (χ1n) is 9.67. The molecule has 4 heteroatoms. The molecule has 1 heterocycles. The lowest BCUT2D eigenvalue weighted by atomic mass is 10.1. The predicted molar refractivity (Wildman–Crippen MR) is 118 cm³/mol. The van der Waals surface area contributed by atoms with E-state index in [4.69, 9.17) is 9.47 Å². The molecule has 0 unspecified atom stereocenters. The maximum Gasteiger partial charge on any atom is 0.343 e. The van der Waals surface area contributed by atoms with Crippen molar-refractivity contribution >= 4 is 29.0 Å². The van der Waals surface area contributed by atoms with Crippen molar-refractivity contribution in [3.8, 4) is 11.5 Å². The van der Waals surface area contributed by atoms with E-state index in [1.54, 1.807) is 37.4 Å². The fourth-order valence-electron chi connectivity index (χ4n) is 3.31. The molecule has 4 aromatic rings. The summed E-state index contributed by atoms with van der Waals surface area (Å²) < 4.78 is 13.1. The first kappa shape index (κ1) is 19.4. The van der Waals surface area contributed by atoms with Crippen molar-refractivity contribution in [3.05, 3.63) is 102 Å². The molecule has 0 N–H and O–H groups in total. The molecule has 0 bridgehead atoms. The number of nitrogens with zero attached hydrogens (tertiary/aromatic N) is 1. The highest BCUT2D eigenvalue weighted by Crippen LogP contribution is 2.29. The van der Waals surface area contributed by atoms with Crippen molar-refractivity contribution < 1.29 is 18.8 Å². The van der Waals surface area contributed by atoms with Gasteiger partial charge in [0.25, 0.3) is 0 Å². The van der Waals surface area contributed by atoms with Crippen molar-refractivity contribution in [2.75, 3.05) is 7.11 Å². The zero-order chi connectivity index (χ0) is 20.9. The Hall–Kier alpha value is -3.92. The van der Waals surface area contributed by atoms with E-state index in [2.05, 4.69) is 42.0 Å². The normalized spacial score (nSPS) is 11.0. The van der Waals surface area contributed by atoms with E-state index in [0.29, 0.717) is 17.1 Å². The van der Waals surface area contributed by atoms with Gasteiger partial charge in [-0.15, -0.1) is 0 Å². The molecule has 0 aliphatic rings. The molecule has 3 aromatic carbocycles. The Bertz CT molecular complexity index is 1230. The first-order chi connectivity index (χ1) is 14.7. The van der Waals surface area contributed by atoms with E-state index in [-0.39, 0.29) is 0 Å². The average molecular weight is 396 g/mol. The Balaban J connectivity index is 1.57. The molecular weight excluding hydrogens is 374 g/mol. The standard InChI is InChI=1S/C26H22NO3/c1-27-22(16-14-20-8-6-7-11-23(20)27)15-12-19-13-17-24(25(18-19)29-2)30-26(28)21-9-4-3-5-10-21/h3-18H,1-2H3/q+1. The van der Waals surface area contributed by atoms with Gasteiger partial charge in [0, 0.05) is 23.6 Å². The van der Waals surface area contributed by atoms with E-state index < -0.39 is 5.97 Å². The maximum atomic E-state index is 12.3. The van der Waals surface area contributed by atoms with Gasteiger partial charge < -0.3 is 9.47 Å². The molecule has 4 nitrogen and oxygen atoms in total. The molecular formula is C26H22NO3+. The van der Waals surface area contributed by atoms with Crippen molar-refractivity contribution in [1.29, 1.82) is 0 Å². The predicted octanol–water partition coefficient (Wildman–Crippen LogP) is 5.06. The third kappa shape index (κ3) is 4.08. The van der Waals surface area contributed by atoms with Crippen LogP contribution >= 0.6 is 0 Å². The second-order valence-corrected chi connectivity index (χ2v) is 6.88. The van der Waals surface area contributed by atoms with Crippen LogP contribution in [0, 0.1) is 0 Å². The average Bonchev–Trinajstić information content (AvgIpc) is 2.80. The number of para-hydroxylation sites is 1. The smallest absolute Gasteiger partial charge is 0.343 e. The Morgan fingerprint density at radius 3 is 2.40 bits per heavy atom. The van der Waals surface area contributed by atoms with Gasteiger partial charge in [0.15, 0.2) is 11.5 Å². The number of methoxy groups -OCH3 is 1. The van der Waals surface area contributed by atoms with Crippen LogP contribution in [-0.2, 0) is 7.05 Å². The van der Waals surface area contributed by atoms with E-state index in [1.165, 1.54) is 10.9 Å².